The summed E-state index contributed by atoms with van der Waals surface area (Å²) in [6.07, 6.45) is 3.80. The Morgan fingerprint density at radius 2 is 2.07 bits per heavy atom. The number of pyridine rings is 1. The number of aromatic amines is 1. The van der Waals surface area contributed by atoms with E-state index in [4.69, 9.17) is 14.5 Å². The molecule has 3 aromatic rings. The van der Waals surface area contributed by atoms with E-state index in [9.17, 15) is 4.79 Å². The summed E-state index contributed by atoms with van der Waals surface area (Å²) >= 11 is 0. The number of rotatable bonds is 4. The zero-order valence-electron chi connectivity index (χ0n) is 16.9. The van der Waals surface area contributed by atoms with Gasteiger partial charge >= 0.3 is 0 Å². The molecule has 2 aliphatic rings. The Hall–Kier alpha value is -3.19. The maximum atomic E-state index is 12.3. The van der Waals surface area contributed by atoms with Crippen molar-refractivity contribution in [1.82, 2.24) is 19.9 Å². The second-order valence-corrected chi connectivity index (χ2v) is 7.94. The van der Waals surface area contributed by atoms with Crippen molar-refractivity contribution in [2.24, 2.45) is 0 Å². The van der Waals surface area contributed by atoms with Crippen molar-refractivity contribution >= 4 is 0 Å². The van der Waals surface area contributed by atoms with Gasteiger partial charge in [-0.05, 0) is 61.7 Å². The van der Waals surface area contributed by atoms with Crippen LogP contribution in [0.25, 0.3) is 11.5 Å². The van der Waals surface area contributed by atoms with Crippen LogP contribution in [0, 0.1) is 6.92 Å². The highest BCUT2D eigenvalue weighted by Gasteiger charge is 2.25. The molecule has 7 heteroatoms. The first-order valence-electron chi connectivity index (χ1n) is 10.3. The third kappa shape index (κ3) is 3.80. The zero-order chi connectivity index (χ0) is 20.5. The van der Waals surface area contributed by atoms with Gasteiger partial charge in [0.05, 0.1) is 5.69 Å². The number of H-pyrrole nitrogens is 1. The standard InChI is InChI=1S/C23H24N4O3/c1-15-9-20-21(30-14-29-20)10-17(15)13-27-8-4-5-16(12-27)19-11-22(28)26-23(25-19)18-6-2-3-7-24-18/h2-3,6-7,9-11,16H,4-5,8,12-14H2,1H3,(H,25,26,28)/t16-/m1/s1. The number of benzene rings is 1. The number of nitrogens with one attached hydrogen (secondary N) is 1. The number of hydrogen-bond acceptors (Lipinski definition) is 6. The molecule has 30 heavy (non-hydrogen) atoms. The van der Waals surface area contributed by atoms with Crippen molar-refractivity contribution in [1.29, 1.82) is 0 Å². The Morgan fingerprint density at radius 1 is 1.20 bits per heavy atom. The van der Waals surface area contributed by atoms with Crippen LogP contribution in [0.4, 0.5) is 0 Å². The minimum absolute atomic E-state index is 0.135. The largest absolute Gasteiger partial charge is 0.454 e. The first-order chi connectivity index (χ1) is 14.7. The van der Waals surface area contributed by atoms with E-state index >= 15 is 0 Å². The van der Waals surface area contributed by atoms with Gasteiger partial charge in [0.1, 0.15) is 5.69 Å². The molecule has 1 aromatic carbocycles. The Labute approximate surface area is 174 Å². The first-order valence-corrected chi connectivity index (χ1v) is 10.3. The lowest BCUT2D eigenvalue weighted by Crippen LogP contribution is -2.34. The molecule has 4 heterocycles. The lowest BCUT2D eigenvalue weighted by atomic mass is 9.93. The van der Waals surface area contributed by atoms with Gasteiger partial charge in [-0.2, -0.15) is 0 Å². The topological polar surface area (TPSA) is 80.3 Å². The van der Waals surface area contributed by atoms with Gasteiger partial charge in [0, 0.05) is 31.3 Å². The maximum Gasteiger partial charge on any atom is 0.251 e. The van der Waals surface area contributed by atoms with Crippen LogP contribution in [0.5, 0.6) is 11.5 Å². The van der Waals surface area contributed by atoms with E-state index in [1.54, 1.807) is 12.3 Å². The molecule has 0 amide bonds. The van der Waals surface area contributed by atoms with Gasteiger partial charge in [-0.3, -0.25) is 14.7 Å². The monoisotopic (exact) mass is 404 g/mol. The molecule has 0 bridgehead atoms. The van der Waals surface area contributed by atoms with Crippen molar-refractivity contribution in [2.75, 3.05) is 19.9 Å². The van der Waals surface area contributed by atoms with Gasteiger partial charge in [-0.25, -0.2) is 4.98 Å². The zero-order valence-corrected chi connectivity index (χ0v) is 16.9. The number of aromatic nitrogens is 3. The van der Waals surface area contributed by atoms with Crippen molar-refractivity contribution < 1.29 is 9.47 Å². The quantitative estimate of drug-likeness (QED) is 0.719. The van der Waals surface area contributed by atoms with Gasteiger partial charge < -0.3 is 14.5 Å². The number of likely N-dealkylation sites (tertiary alicyclic amines) is 1. The molecule has 2 aromatic heterocycles. The van der Waals surface area contributed by atoms with Crippen LogP contribution in [0.1, 0.15) is 35.6 Å². The number of hydrogen-bond donors (Lipinski definition) is 1. The van der Waals surface area contributed by atoms with Gasteiger partial charge in [-0.1, -0.05) is 6.07 Å². The second kappa shape index (κ2) is 7.91. The third-order valence-corrected chi connectivity index (χ3v) is 5.82. The molecule has 0 radical (unpaired) electrons. The Bertz CT molecular complexity index is 1110. The van der Waals surface area contributed by atoms with Crippen LogP contribution in [-0.4, -0.2) is 39.7 Å². The molecular formula is C23H24N4O3. The van der Waals surface area contributed by atoms with Crippen molar-refractivity contribution in [2.45, 2.75) is 32.2 Å². The molecule has 0 aliphatic carbocycles. The highest BCUT2D eigenvalue weighted by molar-refractivity contribution is 5.49. The molecule has 154 valence electrons. The van der Waals surface area contributed by atoms with Crippen LogP contribution < -0.4 is 15.0 Å². The predicted octanol–water partition coefficient (Wildman–Crippen LogP) is 3.25. The second-order valence-electron chi connectivity index (χ2n) is 7.94. The summed E-state index contributed by atoms with van der Waals surface area (Å²) in [5.74, 6) is 2.39. The molecule has 0 unspecified atom stereocenters. The average molecular weight is 404 g/mol. The maximum absolute atomic E-state index is 12.3. The van der Waals surface area contributed by atoms with Gasteiger partial charge in [0.2, 0.25) is 6.79 Å². The highest BCUT2D eigenvalue weighted by atomic mass is 16.7. The minimum Gasteiger partial charge on any atom is -0.454 e. The fourth-order valence-electron chi connectivity index (χ4n) is 4.25. The molecule has 1 N–H and O–H groups in total. The van der Waals surface area contributed by atoms with E-state index in [2.05, 4.69) is 33.9 Å². The lowest BCUT2D eigenvalue weighted by molar-refractivity contribution is 0.173. The number of aryl methyl sites for hydroxylation is 1. The van der Waals surface area contributed by atoms with Gasteiger partial charge in [0.15, 0.2) is 17.3 Å². The van der Waals surface area contributed by atoms with Crippen LogP contribution in [0.15, 0.2) is 47.4 Å². The van der Waals surface area contributed by atoms with Crippen LogP contribution in [-0.2, 0) is 6.54 Å². The SMILES string of the molecule is Cc1cc2c(cc1CN1CCC[C@@H](c3cc(=O)[nH]c(-c4ccccn4)n3)C1)OCO2. The van der Waals surface area contributed by atoms with Gasteiger partial charge in [0.25, 0.3) is 5.56 Å². The summed E-state index contributed by atoms with van der Waals surface area (Å²) < 4.78 is 11.0. The molecule has 0 saturated carbocycles. The van der Waals surface area contributed by atoms with Crippen molar-refractivity contribution in [3.63, 3.8) is 0 Å². The third-order valence-electron chi connectivity index (χ3n) is 5.82. The summed E-state index contributed by atoms with van der Waals surface area (Å²) in [5, 5.41) is 0. The average Bonchev–Trinajstić information content (AvgIpc) is 3.21. The van der Waals surface area contributed by atoms with E-state index in [0.29, 0.717) is 11.5 Å². The van der Waals surface area contributed by atoms with E-state index < -0.39 is 0 Å². The molecule has 2 aliphatic heterocycles. The molecule has 5 rings (SSSR count). The van der Waals surface area contributed by atoms with Crippen LogP contribution >= 0.6 is 0 Å². The molecule has 1 atom stereocenters. The number of ether oxygens (including phenoxy) is 2. The number of nitrogens with zero attached hydrogens (tertiary/aromatic N) is 3. The minimum atomic E-state index is -0.135. The van der Waals surface area contributed by atoms with Crippen LogP contribution in [0.3, 0.4) is 0 Å². The summed E-state index contributed by atoms with van der Waals surface area (Å²) in [6.45, 7) is 5.13. The summed E-state index contributed by atoms with van der Waals surface area (Å²) in [5.41, 5.74) is 3.83. The van der Waals surface area contributed by atoms with E-state index in [0.717, 1.165) is 49.7 Å². The van der Waals surface area contributed by atoms with Crippen LogP contribution in [0.2, 0.25) is 0 Å². The normalized spacial score (nSPS) is 18.5. The Balaban J connectivity index is 1.36. The molecule has 7 nitrogen and oxygen atoms in total. The fourth-order valence-corrected chi connectivity index (χ4v) is 4.25. The Kier molecular flexibility index (Phi) is 4.96. The first kappa shape index (κ1) is 18.8. The fraction of sp³-hybridized carbons (Fsp3) is 0.348. The lowest BCUT2D eigenvalue weighted by Gasteiger charge is -2.32. The number of piperidine rings is 1. The summed E-state index contributed by atoms with van der Waals surface area (Å²) in [7, 11) is 0. The van der Waals surface area contributed by atoms with Crippen molar-refractivity contribution in [3.05, 3.63) is 69.8 Å². The molecule has 1 fully saturated rings. The van der Waals surface area contributed by atoms with Gasteiger partial charge in [-0.15, -0.1) is 0 Å². The summed E-state index contributed by atoms with van der Waals surface area (Å²) in [4.78, 5) is 26.6. The molecule has 0 spiro atoms. The number of fused-ring (bicyclic) bond motifs is 1. The molecule has 1 saturated heterocycles. The highest BCUT2D eigenvalue weighted by Crippen LogP contribution is 2.35. The van der Waals surface area contributed by atoms with Crippen molar-refractivity contribution in [3.8, 4) is 23.0 Å². The smallest absolute Gasteiger partial charge is 0.251 e. The predicted molar refractivity (Wildman–Crippen MR) is 113 cm³/mol. The van der Waals surface area contributed by atoms with E-state index in [1.807, 2.05) is 18.2 Å². The molecular weight excluding hydrogens is 380 g/mol. The van der Waals surface area contributed by atoms with E-state index in [1.165, 1.54) is 11.1 Å². The van der Waals surface area contributed by atoms with E-state index in [-0.39, 0.29) is 18.3 Å². The Morgan fingerprint density at radius 3 is 2.90 bits per heavy atom. The summed E-state index contributed by atoms with van der Waals surface area (Å²) in [6, 6.07) is 11.4.